The fraction of sp³-hybridized carbons (Fsp3) is 0.650. The number of nitrogens with zero attached hydrogens (tertiary/aromatic N) is 3. The van der Waals surface area contributed by atoms with E-state index in [9.17, 15) is 33.5 Å². The number of likely N-dealkylation sites (tertiary alicyclic amines) is 1. The lowest BCUT2D eigenvalue weighted by atomic mass is 9.92. The Hall–Kier alpha value is -3.91. The van der Waals surface area contributed by atoms with Gasteiger partial charge in [0.25, 0.3) is 5.91 Å². The molecule has 3 rings (SSSR count). The normalized spacial score (nSPS) is 18.1. The van der Waals surface area contributed by atoms with Crippen molar-refractivity contribution in [3.05, 3.63) is 51.7 Å². The van der Waals surface area contributed by atoms with Gasteiger partial charge in [-0.25, -0.2) is 9.37 Å². The second-order valence-electron chi connectivity index (χ2n) is 15.1. The number of rotatable bonds is 20. The molecular formula is C40H60FN5O7S. The zero-order valence-corrected chi connectivity index (χ0v) is 33.9. The standard InChI is InChI=1S/C40H60FN5O7S/c1-9-18-46(39(50)35(25(5)10-2)44-37(49)32-13-11-12-19-45(32)8)33(24(3)4)22-34(53-27(7)47)38-43-31(23-54-38)36(48)42-30(20-26(6)40(51)52)21-28-14-16-29(41)17-15-28/h14-17,23-26,30,32-35H,9-13,18-22H2,1-8H3,(H,42,48)(H,44,49)(H,51,52)/t25-,26-,30+,32+,33+,34+,35?/m0/s1. The molecule has 1 aliphatic heterocycles. The maximum Gasteiger partial charge on any atom is 0.306 e. The molecule has 300 valence electrons. The Balaban J connectivity index is 1.88. The van der Waals surface area contributed by atoms with Crippen molar-refractivity contribution in [2.45, 2.75) is 130 Å². The molecule has 54 heavy (non-hydrogen) atoms. The number of hydrogen-bond donors (Lipinski definition) is 3. The highest BCUT2D eigenvalue weighted by Gasteiger charge is 2.38. The number of thiazole rings is 1. The molecule has 1 fully saturated rings. The Bertz CT molecular complexity index is 1550. The van der Waals surface area contributed by atoms with Gasteiger partial charge in [-0.15, -0.1) is 11.3 Å². The molecule has 0 spiro atoms. The topological polar surface area (TPSA) is 158 Å². The van der Waals surface area contributed by atoms with Gasteiger partial charge in [-0.3, -0.25) is 28.9 Å². The van der Waals surface area contributed by atoms with Crippen LogP contribution >= 0.6 is 11.3 Å². The quantitative estimate of drug-likeness (QED) is 0.137. The summed E-state index contributed by atoms with van der Waals surface area (Å²) in [6.07, 6.45) is 3.85. The van der Waals surface area contributed by atoms with Gasteiger partial charge in [-0.1, -0.05) is 66.5 Å². The van der Waals surface area contributed by atoms with Crippen LogP contribution in [0.2, 0.25) is 0 Å². The summed E-state index contributed by atoms with van der Waals surface area (Å²) < 4.78 is 19.4. The summed E-state index contributed by atoms with van der Waals surface area (Å²) in [7, 11) is 1.94. The number of carboxylic acids is 1. The molecule has 2 heterocycles. The van der Waals surface area contributed by atoms with Gasteiger partial charge in [0.15, 0.2) is 6.10 Å². The fourth-order valence-corrected chi connectivity index (χ4v) is 7.84. The molecule has 3 amide bonds. The molecule has 7 atom stereocenters. The smallest absolute Gasteiger partial charge is 0.306 e. The number of halogens is 1. The van der Waals surface area contributed by atoms with Crippen molar-refractivity contribution in [3.63, 3.8) is 0 Å². The minimum Gasteiger partial charge on any atom is -0.481 e. The molecule has 1 aliphatic rings. The number of benzene rings is 1. The molecule has 1 aromatic carbocycles. The Morgan fingerprint density at radius 3 is 2.31 bits per heavy atom. The number of amides is 3. The lowest BCUT2D eigenvalue weighted by molar-refractivity contribution is -0.150. The van der Waals surface area contributed by atoms with Crippen molar-refractivity contribution in [2.75, 3.05) is 20.1 Å². The van der Waals surface area contributed by atoms with Gasteiger partial charge in [0, 0.05) is 37.4 Å². The minimum atomic E-state index is -1.00. The first-order chi connectivity index (χ1) is 25.6. The molecule has 0 saturated carbocycles. The maximum absolute atomic E-state index is 14.6. The summed E-state index contributed by atoms with van der Waals surface area (Å²) in [4.78, 5) is 74.2. The zero-order chi connectivity index (χ0) is 40.1. The van der Waals surface area contributed by atoms with Crippen LogP contribution in [0, 0.1) is 23.6 Å². The molecule has 0 radical (unpaired) electrons. The van der Waals surface area contributed by atoms with Crippen LogP contribution in [0.15, 0.2) is 29.6 Å². The highest BCUT2D eigenvalue weighted by Crippen LogP contribution is 2.32. The van der Waals surface area contributed by atoms with Gasteiger partial charge in [0.2, 0.25) is 11.8 Å². The molecule has 0 aliphatic carbocycles. The number of carboxylic acid groups (broad SMARTS) is 1. The monoisotopic (exact) mass is 773 g/mol. The summed E-state index contributed by atoms with van der Waals surface area (Å²) in [6, 6.07) is 3.80. The summed E-state index contributed by atoms with van der Waals surface area (Å²) in [5.41, 5.74) is 0.810. The number of piperidine rings is 1. The van der Waals surface area contributed by atoms with Crippen LogP contribution in [-0.2, 0) is 30.3 Å². The minimum absolute atomic E-state index is 0.0671. The van der Waals surface area contributed by atoms with E-state index in [0.717, 1.165) is 42.7 Å². The first-order valence-corrected chi connectivity index (χ1v) is 20.2. The van der Waals surface area contributed by atoms with Crippen LogP contribution in [0.25, 0.3) is 0 Å². The molecule has 0 bridgehead atoms. The van der Waals surface area contributed by atoms with Gasteiger partial charge in [0.1, 0.15) is 22.6 Å². The first-order valence-electron chi connectivity index (χ1n) is 19.3. The average Bonchev–Trinajstić information content (AvgIpc) is 3.62. The van der Waals surface area contributed by atoms with Gasteiger partial charge < -0.3 is 25.4 Å². The molecule has 2 aromatic rings. The molecule has 3 N–H and O–H groups in total. The van der Waals surface area contributed by atoms with E-state index in [1.165, 1.54) is 19.1 Å². The van der Waals surface area contributed by atoms with Crippen LogP contribution in [0.4, 0.5) is 4.39 Å². The molecule has 1 aromatic heterocycles. The third-order valence-corrected chi connectivity index (χ3v) is 11.3. The van der Waals surface area contributed by atoms with Crippen LogP contribution in [0.1, 0.15) is 121 Å². The number of ether oxygens (including phenoxy) is 1. The van der Waals surface area contributed by atoms with Crippen LogP contribution < -0.4 is 10.6 Å². The number of aliphatic carboxylic acids is 1. The maximum atomic E-state index is 14.6. The van der Waals surface area contributed by atoms with Crippen LogP contribution in [0.3, 0.4) is 0 Å². The van der Waals surface area contributed by atoms with Crippen LogP contribution in [-0.4, -0.2) is 93.9 Å². The number of nitrogens with one attached hydrogen (secondary N) is 2. The summed E-state index contributed by atoms with van der Waals surface area (Å²) in [5, 5.41) is 17.5. The lowest BCUT2D eigenvalue weighted by Crippen LogP contribution is -2.58. The summed E-state index contributed by atoms with van der Waals surface area (Å²) in [6.45, 7) is 14.1. The Kier molecular flexibility index (Phi) is 17.5. The van der Waals surface area contributed by atoms with Crippen molar-refractivity contribution >= 4 is 41.0 Å². The van der Waals surface area contributed by atoms with E-state index in [-0.39, 0.29) is 54.6 Å². The predicted octanol–water partition coefficient (Wildman–Crippen LogP) is 6.01. The van der Waals surface area contributed by atoms with E-state index in [1.807, 2.05) is 51.5 Å². The Labute approximate surface area is 323 Å². The van der Waals surface area contributed by atoms with Gasteiger partial charge in [-0.05, 0) is 75.2 Å². The highest BCUT2D eigenvalue weighted by atomic mass is 32.1. The largest absolute Gasteiger partial charge is 0.481 e. The number of carbonyl (C=O) groups excluding carboxylic acids is 4. The second kappa shape index (κ2) is 21.3. The summed E-state index contributed by atoms with van der Waals surface area (Å²) in [5.74, 6) is -3.74. The molecular weight excluding hydrogens is 714 g/mol. The highest BCUT2D eigenvalue weighted by molar-refractivity contribution is 7.09. The van der Waals surface area contributed by atoms with Gasteiger partial charge >= 0.3 is 11.9 Å². The third kappa shape index (κ3) is 12.9. The Morgan fingerprint density at radius 1 is 1.06 bits per heavy atom. The van der Waals surface area contributed by atoms with E-state index in [0.29, 0.717) is 24.4 Å². The number of aromatic nitrogens is 1. The average molecular weight is 774 g/mol. The molecule has 12 nitrogen and oxygen atoms in total. The lowest BCUT2D eigenvalue weighted by Gasteiger charge is -2.40. The third-order valence-electron chi connectivity index (χ3n) is 10.4. The second-order valence-corrected chi connectivity index (χ2v) is 16.0. The SMILES string of the molecule is CCCN(C(=O)C(NC(=O)[C@H]1CCCCN1C)[C@@H](C)CC)[C@H](C[C@@H](OC(C)=O)c1nc(C(=O)N[C@@H](Cc2ccc(F)cc2)C[C@H](C)C(=O)O)cs1)C(C)C. The Morgan fingerprint density at radius 2 is 1.74 bits per heavy atom. The number of carbonyl (C=O) groups is 5. The van der Waals surface area contributed by atoms with Crippen molar-refractivity contribution in [3.8, 4) is 0 Å². The zero-order valence-electron chi connectivity index (χ0n) is 33.1. The van der Waals surface area contributed by atoms with E-state index in [4.69, 9.17) is 4.74 Å². The summed E-state index contributed by atoms with van der Waals surface area (Å²) >= 11 is 1.16. The van der Waals surface area contributed by atoms with Crippen molar-refractivity contribution in [1.29, 1.82) is 0 Å². The van der Waals surface area contributed by atoms with Gasteiger partial charge in [-0.2, -0.15) is 0 Å². The molecule has 1 unspecified atom stereocenters. The fourth-order valence-electron chi connectivity index (χ4n) is 7.00. The van der Waals surface area contributed by atoms with Crippen molar-refractivity contribution in [1.82, 2.24) is 25.4 Å². The van der Waals surface area contributed by atoms with Crippen molar-refractivity contribution < 1.29 is 38.2 Å². The van der Waals surface area contributed by atoms with Crippen molar-refractivity contribution in [2.24, 2.45) is 17.8 Å². The van der Waals surface area contributed by atoms with E-state index >= 15 is 0 Å². The number of hydrogen-bond acceptors (Lipinski definition) is 9. The van der Waals surface area contributed by atoms with Crippen LogP contribution in [0.5, 0.6) is 0 Å². The molecule has 14 heteroatoms. The first kappa shape index (κ1) is 44.5. The number of esters is 1. The molecule has 1 saturated heterocycles. The van der Waals surface area contributed by atoms with E-state index < -0.39 is 53.8 Å². The predicted molar refractivity (Wildman–Crippen MR) is 206 cm³/mol. The van der Waals surface area contributed by atoms with Gasteiger partial charge in [0.05, 0.1) is 12.0 Å². The number of likely N-dealkylation sites (N-methyl/N-ethyl adjacent to an activating group) is 1. The van der Waals surface area contributed by atoms with E-state index in [1.54, 1.807) is 24.4 Å². The van der Waals surface area contributed by atoms with E-state index in [2.05, 4.69) is 15.6 Å².